The zero-order chi connectivity index (χ0) is 14.3. The molecule has 0 amide bonds. The summed E-state index contributed by atoms with van der Waals surface area (Å²) in [5, 5.41) is -0.268. The van der Waals surface area contributed by atoms with Crippen LogP contribution in [0.1, 0.15) is 30.2 Å². The van der Waals surface area contributed by atoms with Crippen molar-refractivity contribution in [3.63, 3.8) is 0 Å². The van der Waals surface area contributed by atoms with Gasteiger partial charge in [-0.25, -0.2) is 0 Å². The van der Waals surface area contributed by atoms with Gasteiger partial charge >= 0.3 is 0 Å². The molecule has 0 aromatic heterocycles. The molecule has 0 bridgehead atoms. The van der Waals surface area contributed by atoms with Crippen molar-refractivity contribution in [2.45, 2.75) is 24.6 Å². The summed E-state index contributed by atoms with van der Waals surface area (Å²) in [7, 11) is 4.73. The quantitative estimate of drug-likeness (QED) is 0.418. The number of benzene rings is 1. The normalized spacial score (nSPS) is 11.8. The maximum Gasteiger partial charge on any atom is 0.130 e. The Balaban J connectivity index is 3.05. The van der Waals surface area contributed by atoms with Crippen molar-refractivity contribution < 1.29 is 19.0 Å². The summed E-state index contributed by atoms with van der Waals surface area (Å²) in [6, 6.07) is 3.54. The van der Waals surface area contributed by atoms with E-state index in [9.17, 15) is 4.79 Å². The van der Waals surface area contributed by atoms with Crippen molar-refractivity contribution in [3.05, 3.63) is 17.7 Å². The summed E-state index contributed by atoms with van der Waals surface area (Å²) in [6.07, 6.45) is 2.81. The van der Waals surface area contributed by atoms with Crippen LogP contribution in [-0.2, 0) is 4.79 Å². The Morgan fingerprint density at radius 1 is 1.16 bits per heavy atom. The number of aldehydes is 1. The Kier molecular flexibility index (Phi) is 6.50. The van der Waals surface area contributed by atoms with Crippen molar-refractivity contribution in [2.75, 3.05) is 21.3 Å². The maximum absolute atomic E-state index is 10.3. The lowest BCUT2D eigenvalue weighted by Crippen LogP contribution is -2.01. The van der Waals surface area contributed by atoms with Crippen LogP contribution < -0.4 is 14.2 Å². The molecule has 0 aliphatic rings. The Morgan fingerprint density at radius 2 is 1.74 bits per heavy atom. The van der Waals surface area contributed by atoms with Gasteiger partial charge in [0.25, 0.3) is 0 Å². The lowest BCUT2D eigenvalue weighted by molar-refractivity contribution is -0.107. The first kappa shape index (κ1) is 15.6. The number of hydrogen-bond donors (Lipinski definition) is 0. The van der Waals surface area contributed by atoms with Gasteiger partial charge in [0.15, 0.2) is 0 Å². The predicted octanol–water partition coefficient (Wildman–Crippen LogP) is 3.36. The fourth-order valence-corrected chi connectivity index (χ4v) is 2.24. The van der Waals surface area contributed by atoms with Gasteiger partial charge in [-0.05, 0) is 12.8 Å². The molecular weight excluding hydrogens is 268 g/mol. The van der Waals surface area contributed by atoms with Gasteiger partial charge in [-0.2, -0.15) is 0 Å². The fraction of sp³-hybridized carbons (Fsp3) is 0.500. The lowest BCUT2D eigenvalue weighted by Gasteiger charge is -2.18. The highest BCUT2D eigenvalue weighted by atomic mass is 35.5. The van der Waals surface area contributed by atoms with Crippen LogP contribution in [0.25, 0.3) is 0 Å². The Hall–Kier alpha value is -1.42. The summed E-state index contributed by atoms with van der Waals surface area (Å²) in [4.78, 5) is 10.3. The molecule has 0 N–H and O–H groups in total. The summed E-state index contributed by atoms with van der Waals surface area (Å²) in [6.45, 7) is 0. The van der Waals surface area contributed by atoms with Gasteiger partial charge in [0.1, 0.15) is 23.5 Å². The second-order valence-electron chi connectivity index (χ2n) is 4.01. The van der Waals surface area contributed by atoms with E-state index in [2.05, 4.69) is 0 Å². The van der Waals surface area contributed by atoms with Gasteiger partial charge in [0.2, 0.25) is 0 Å². The van der Waals surface area contributed by atoms with E-state index in [0.29, 0.717) is 30.1 Å². The maximum atomic E-state index is 10.3. The van der Waals surface area contributed by atoms with E-state index < -0.39 is 0 Å². The molecule has 0 aliphatic heterocycles. The second kappa shape index (κ2) is 7.89. The highest BCUT2D eigenvalue weighted by Crippen LogP contribution is 2.42. The highest BCUT2D eigenvalue weighted by Gasteiger charge is 2.20. The zero-order valence-corrected chi connectivity index (χ0v) is 12.2. The third-order valence-corrected chi connectivity index (χ3v) is 3.28. The van der Waals surface area contributed by atoms with Crippen molar-refractivity contribution >= 4 is 17.9 Å². The van der Waals surface area contributed by atoms with Crippen LogP contribution in [0.5, 0.6) is 17.2 Å². The molecule has 1 unspecified atom stereocenters. The first-order valence-corrected chi connectivity index (χ1v) is 6.49. The third kappa shape index (κ3) is 4.03. The van der Waals surface area contributed by atoms with Crippen LogP contribution in [0.4, 0.5) is 0 Å². The molecule has 1 aromatic carbocycles. The summed E-state index contributed by atoms with van der Waals surface area (Å²) in [5.74, 6) is 1.90. The van der Waals surface area contributed by atoms with E-state index in [1.807, 2.05) is 0 Å². The second-order valence-corrected chi connectivity index (χ2v) is 4.54. The largest absolute Gasteiger partial charge is 0.496 e. The smallest absolute Gasteiger partial charge is 0.130 e. The van der Waals surface area contributed by atoms with Gasteiger partial charge in [-0.1, -0.05) is 0 Å². The van der Waals surface area contributed by atoms with E-state index in [1.165, 1.54) is 0 Å². The van der Waals surface area contributed by atoms with Crippen LogP contribution in [-0.4, -0.2) is 27.6 Å². The van der Waals surface area contributed by atoms with Crippen molar-refractivity contribution in [1.82, 2.24) is 0 Å². The van der Waals surface area contributed by atoms with E-state index in [-0.39, 0.29) is 5.38 Å². The van der Waals surface area contributed by atoms with Crippen LogP contribution in [0.15, 0.2) is 12.1 Å². The first-order chi connectivity index (χ1) is 9.17. The first-order valence-electron chi connectivity index (χ1n) is 6.05. The average molecular weight is 287 g/mol. The minimum absolute atomic E-state index is 0.268. The van der Waals surface area contributed by atoms with Gasteiger partial charge in [0, 0.05) is 18.6 Å². The van der Waals surface area contributed by atoms with Crippen molar-refractivity contribution in [3.8, 4) is 17.2 Å². The number of unbranched alkanes of at least 4 members (excludes halogenated alkanes) is 1. The molecule has 5 heteroatoms. The number of alkyl halides is 1. The van der Waals surface area contributed by atoms with Crippen molar-refractivity contribution in [1.29, 1.82) is 0 Å². The third-order valence-electron chi connectivity index (χ3n) is 2.85. The monoisotopic (exact) mass is 286 g/mol. The number of ether oxygens (including phenoxy) is 3. The number of hydrogen-bond acceptors (Lipinski definition) is 4. The number of carbonyl (C=O) groups excluding carboxylic acids is 1. The molecule has 0 spiro atoms. The van der Waals surface area contributed by atoms with Crippen LogP contribution in [0.3, 0.4) is 0 Å². The highest BCUT2D eigenvalue weighted by molar-refractivity contribution is 6.21. The molecule has 1 rings (SSSR count). The molecule has 1 atom stereocenters. The van der Waals surface area contributed by atoms with Crippen molar-refractivity contribution in [2.24, 2.45) is 0 Å². The van der Waals surface area contributed by atoms with Gasteiger partial charge in [0.05, 0.1) is 32.3 Å². The van der Waals surface area contributed by atoms with Gasteiger partial charge in [-0.15, -0.1) is 11.6 Å². The zero-order valence-electron chi connectivity index (χ0n) is 11.4. The summed E-state index contributed by atoms with van der Waals surface area (Å²) < 4.78 is 15.9. The van der Waals surface area contributed by atoms with E-state index in [0.717, 1.165) is 18.3 Å². The van der Waals surface area contributed by atoms with E-state index in [4.69, 9.17) is 25.8 Å². The van der Waals surface area contributed by atoms with E-state index >= 15 is 0 Å². The van der Waals surface area contributed by atoms with E-state index in [1.54, 1.807) is 33.5 Å². The predicted molar refractivity (Wildman–Crippen MR) is 74.6 cm³/mol. The number of rotatable bonds is 8. The lowest BCUT2D eigenvalue weighted by atomic mass is 10.0. The molecule has 0 radical (unpaired) electrons. The summed E-state index contributed by atoms with van der Waals surface area (Å²) in [5.41, 5.74) is 0.790. The Morgan fingerprint density at radius 3 is 2.16 bits per heavy atom. The molecule has 0 saturated carbocycles. The van der Waals surface area contributed by atoms with Crippen LogP contribution >= 0.6 is 11.6 Å². The number of methoxy groups -OCH3 is 3. The van der Waals surface area contributed by atoms with Gasteiger partial charge < -0.3 is 19.0 Å². The molecular formula is C14H19ClO4. The average Bonchev–Trinajstić information content (AvgIpc) is 2.45. The standard InChI is InChI=1S/C14H19ClO4/c1-17-10-8-12(18-2)14(13(9-10)19-3)11(15)6-4-5-7-16/h7-9,11H,4-6H2,1-3H3. The van der Waals surface area contributed by atoms with Crippen LogP contribution in [0, 0.1) is 0 Å². The molecule has 0 aliphatic carbocycles. The van der Waals surface area contributed by atoms with Crippen LogP contribution in [0.2, 0.25) is 0 Å². The molecule has 4 nitrogen and oxygen atoms in total. The van der Waals surface area contributed by atoms with Gasteiger partial charge in [-0.3, -0.25) is 0 Å². The Labute approximate surface area is 118 Å². The topological polar surface area (TPSA) is 44.8 Å². The molecule has 1 aromatic rings. The number of carbonyl (C=O) groups is 1. The minimum atomic E-state index is -0.268. The fourth-order valence-electron chi connectivity index (χ4n) is 1.87. The summed E-state index contributed by atoms with van der Waals surface area (Å²) >= 11 is 6.39. The SMILES string of the molecule is COc1cc(OC)c(C(Cl)CCCC=O)c(OC)c1. The Bertz CT molecular complexity index is 395. The molecule has 0 fully saturated rings. The number of halogens is 1. The molecule has 0 heterocycles. The molecule has 19 heavy (non-hydrogen) atoms. The molecule has 0 saturated heterocycles. The molecule has 106 valence electrons. The minimum Gasteiger partial charge on any atom is -0.496 e.